The molecular formula is C17H10ClF6N3. The van der Waals surface area contributed by atoms with Crippen LogP contribution in [0.15, 0.2) is 42.7 Å². The maximum atomic E-state index is 12.9. The molecular weight excluding hydrogens is 396 g/mol. The molecule has 3 rings (SSSR count). The lowest BCUT2D eigenvalue weighted by molar-refractivity contribution is -0.143. The van der Waals surface area contributed by atoms with E-state index in [0.717, 1.165) is 0 Å². The molecule has 0 atom stereocenters. The van der Waals surface area contributed by atoms with Gasteiger partial charge in [0.15, 0.2) is 0 Å². The van der Waals surface area contributed by atoms with E-state index in [1.54, 1.807) is 18.2 Å². The monoisotopic (exact) mass is 405 g/mol. The van der Waals surface area contributed by atoms with Crippen molar-refractivity contribution in [2.45, 2.75) is 18.9 Å². The number of alkyl halides is 6. The molecule has 1 N–H and O–H groups in total. The smallest absolute Gasteiger partial charge is 0.365 e. The van der Waals surface area contributed by atoms with E-state index in [1.807, 2.05) is 0 Å². The second-order valence-electron chi connectivity index (χ2n) is 5.65. The van der Waals surface area contributed by atoms with E-state index in [2.05, 4.69) is 15.3 Å². The van der Waals surface area contributed by atoms with Crippen LogP contribution in [0.25, 0.3) is 10.9 Å². The molecule has 0 bridgehead atoms. The predicted molar refractivity (Wildman–Crippen MR) is 88.3 cm³/mol. The lowest BCUT2D eigenvalue weighted by atomic mass is 10.0. The summed E-state index contributed by atoms with van der Waals surface area (Å²) >= 11 is 5.92. The first-order valence-electron chi connectivity index (χ1n) is 7.46. The van der Waals surface area contributed by atoms with Gasteiger partial charge in [0.2, 0.25) is 0 Å². The van der Waals surface area contributed by atoms with Gasteiger partial charge in [-0.05, 0) is 42.0 Å². The van der Waals surface area contributed by atoms with Crippen molar-refractivity contribution in [3.8, 4) is 0 Å². The molecule has 1 heterocycles. The van der Waals surface area contributed by atoms with E-state index >= 15 is 0 Å². The summed E-state index contributed by atoms with van der Waals surface area (Å²) < 4.78 is 77.6. The summed E-state index contributed by atoms with van der Waals surface area (Å²) in [6, 6.07) is 6.19. The second kappa shape index (κ2) is 6.88. The van der Waals surface area contributed by atoms with Gasteiger partial charge < -0.3 is 5.32 Å². The third-order valence-corrected chi connectivity index (χ3v) is 3.94. The van der Waals surface area contributed by atoms with Gasteiger partial charge in [-0.15, -0.1) is 0 Å². The lowest BCUT2D eigenvalue weighted by Crippen LogP contribution is -2.13. The summed E-state index contributed by atoms with van der Waals surface area (Å²) in [5.74, 6) is 0.244. The SMILES string of the molecule is FC(F)(F)c1cc(CNc2ncnc3ccc(Cl)cc23)cc(C(F)(F)F)c1. The summed E-state index contributed by atoms with van der Waals surface area (Å²) in [5.41, 5.74) is -2.41. The minimum absolute atomic E-state index is 0.0867. The number of fused-ring (bicyclic) bond motifs is 1. The Morgan fingerprint density at radius 1 is 0.852 bits per heavy atom. The lowest BCUT2D eigenvalue weighted by Gasteiger charge is -2.15. The zero-order valence-electron chi connectivity index (χ0n) is 13.3. The zero-order valence-corrected chi connectivity index (χ0v) is 14.0. The third-order valence-electron chi connectivity index (χ3n) is 3.70. The highest BCUT2D eigenvalue weighted by atomic mass is 35.5. The van der Waals surface area contributed by atoms with Crippen LogP contribution in [0.3, 0.4) is 0 Å². The van der Waals surface area contributed by atoms with Gasteiger partial charge in [-0.25, -0.2) is 9.97 Å². The number of aromatic nitrogens is 2. The summed E-state index contributed by atoms with van der Waals surface area (Å²) in [4.78, 5) is 8.00. The Labute approximate surface area is 154 Å². The van der Waals surface area contributed by atoms with Gasteiger partial charge in [-0.1, -0.05) is 11.6 Å². The molecule has 27 heavy (non-hydrogen) atoms. The highest BCUT2D eigenvalue weighted by molar-refractivity contribution is 6.31. The van der Waals surface area contributed by atoms with Crippen LogP contribution in [0.4, 0.5) is 32.2 Å². The topological polar surface area (TPSA) is 37.8 Å². The maximum absolute atomic E-state index is 12.9. The molecule has 0 aliphatic rings. The second-order valence-corrected chi connectivity index (χ2v) is 6.09. The third kappa shape index (κ3) is 4.41. The Morgan fingerprint density at radius 3 is 2.07 bits per heavy atom. The van der Waals surface area contributed by atoms with Crippen LogP contribution < -0.4 is 5.32 Å². The summed E-state index contributed by atoms with van der Waals surface area (Å²) in [6.07, 6.45) is -8.57. The van der Waals surface area contributed by atoms with Gasteiger partial charge in [0.1, 0.15) is 12.1 Å². The van der Waals surface area contributed by atoms with E-state index in [9.17, 15) is 26.3 Å². The van der Waals surface area contributed by atoms with Crippen LogP contribution in [0.1, 0.15) is 16.7 Å². The zero-order chi connectivity index (χ0) is 19.8. The standard InChI is InChI=1S/C17H10ClF6N3/c18-12-1-2-14-13(6-12)15(27-8-26-14)25-7-9-3-10(16(19,20)21)5-11(4-9)17(22,23)24/h1-6,8H,7H2,(H,25,26,27). The number of anilines is 1. The molecule has 0 unspecified atom stereocenters. The maximum Gasteiger partial charge on any atom is 0.416 e. The van der Waals surface area contributed by atoms with E-state index in [4.69, 9.17) is 11.6 Å². The largest absolute Gasteiger partial charge is 0.416 e. The number of nitrogens with zero attached hydrogens (tertiary/aromatic N) is 2. The van der Waals surface area contributed by atoms with Crippen molar-refractivity contribution in [3.05, 3.63) is 64.4 Å². The molecule has 3 nitrogen and oxygen atoms in total. The number of benzene rings is 2. The average Bonchev–Trinajstić information content (AvgIpc) is 2.58. The minimum Gasteiger partial charge on any atom is -0.365 e. The summed E-state index contributed by atoms with van der Waals surface area (Å²) in [5, 5.41) is 3.63. The molecule has 1 aromatic heterocycles. The van der Waals surface area contributed by atoms with Gasteiger partial charge in [0.05, 0.1) is 16.6 Å². The van der Waals surface area contributed by atoms with Crippen LogP contribution in [-0.2, 0) is 18.9 Å². The Morgan fingerprint density at radius 2 is 1.48 bits per heavy atom. The molecule has 0 amide bonds. The molecule has 0 aliphatic carbocycles. The van der Waals surface area contributed by atoms with Crippen LogP contribution in [0, 0.1) is 0 Å². The highest BCUT2D eigenvalue weighted by Crippen LogP contribution is 2.36. The molecule has 0 saturated carbocycles. The van der Waals surface area contributed by atoms with Gasteiger partial charge in [-0.3, -0.25) is 0 Å². The van der Waals surface area contributed by atoms with E-state index in [-0.39, 0.29) is 24.0 Å². The number of hydrogen-bond donors (Lipinski definition) is 1. The van der Waals surface area contributed by atoms with E-state index in [0.29, 0.717) is 28.1 Å². The predicted octanol–water partition coefficient (Wildman–Crippen LogP) is 5.93. The summed E-state index contributed by atoms with van der Waals surface area (Å²) in [6.45, 7) is -0.300. The minimum atomic E-state index is -4.90. The quantitative estimate of drug-likeness (QED) is 0.548. The fourth-order valence-corrected chi connectivity index (χ4v) is 2.65. The van der Waals surface area contributed by atoms with Crippen LogP contribution in [0.5, 0.6) is 0 Å². The molecule has 142 valence electrons. The van der Waals surface area contributed by atoms with Crippen molar-refractivity contribution < 1.29 is 26.3 Å². The van der Waals surface area contributed by atoms with Crippen molar-refractivity contribution in [2.75, 3.05) is 5.32 Å². The first-order valence-corrected chi connectivity index (χ1v) is 7.84. The Balaban J connectivity index is 1.95. The Bertz CT molecular complexity index is 952. The van der Waals surface area contributed by atoms with E-state index < -0.39 is 23.5 Å². The van der Waals surface area contributed by atoms with Gasteiger partial charge in [0.25, 0.3) is 0 Å². The fourth-order valence-electron chi connectivity index (χ4n) is 2.48. The highest BCUT2D eigenvalue weighted by Gasteiger charge is 2.36. The number of rotatable bonds is 3. The Kier molecular flexibility index (Phi) is 4.90. The molecule has 0 spiro atoms. The molecule has 0 aliphatic heterocycles. The number of halogens is 7. The molecule has 10 heteroatoms. The van der Waals surface area contributed by atoms with Crippen LogP contribution in [0.2, 0.25) is 5.02 Å². The van der Waals surface area contributed by atoms with Crippen LogP contribution in [-0.4, -0.2) is 9.97 Å². The van der Waals surface area contributed by atoms with Crippen molar-refractivity contribution in [2.24, 2.45) is 0 Å². The van der Waals surface area contributed by atoms with Crippen molar-refractivity contribution in [3.63, 3.8) is 0 Å². The molecule has 0 radical (unpaired) electrons. The first kappa shape index (κ1) is 19.2. The van der Waals surface area contributed by atoms with Crippen molar-refractivity contribution in [1.29, 1.82) is 0 Å². The fraction of sp³-hybridized carbons (Fsp3) is 0.176. The number of nitrogens with one attached hydrogen (secondary N) is 1. The van der Waals surface area contributed by atoms with Crippen molar-refractivity contribution >= 4 is 28.3 Å². The molecule has 3 aromatic rings. The van der Waals surface area contributed by atoms with Crippen LogP contribution >= 0.6 is 11.6 Å². The van der Waals surface area contributed by atoms with Gasteiger partial charge in [0, 0.05) is 17.0 Å². The van der Waals surface area contributed by atoms with Crippen molar-refractivity contribution in [1.82, 2.24) is 9.97 Å². The Hall–Kier alpha value is -2.55. The first-order chi connectivity index (χ1) is 12.5. The molecule has 0 saturated heterocycles. The van der Waals surface area contributed by atoms with Gasteiger partial charge >= 0.3 is 12.4 Å². The normalized spacial score (nSPS) is 12.4. The summed E-state index contributed by atoms with van der Waals surface area (Å²) in [7, 11) is 0. The van der Waals surface area contributed by atoms with Gasteiger partial charge in [-0.2, -0.15) is 26.3 Å². The molecule has 0 fully saturated rings. The molecule has 2 aromatic carbocycles. The number of hydrogen-bond acceptors (Lipinski definition) is 3. The van der Waals surface area contributed by atoms with E-state index in [1.165, 1.54) is 6.33 Å². The average molecular weight is 406 g/mol.